The molecule has 114 valence electrons. The summed E-state index contributed by atoms with van der Waals surface area (Å²) in [7, 11) is -0.244. The van der Waals surface area contributed by atoms with Gasteiger partial charge in [0.2, 0.25) is 0 Å². The summed E-state index contributed by atoms with van der Waals surface area (Å²) in [4.78, 5) is 24.7. The molecule has 0 aliphatic carbocycles. The average molecular weight is 313 g/mol. The van der Waals surface area contributed by atoms with Gasteiger partial charge in [-0.1, -0.05) is 43.8 Å². The summed E-state index contributed by atoms with van der Waals surface area (Å²) in [5.41, 5.74) is 5.33. The Balaban J connectivity index is 2.58. The maximum Gasteiger partial charge on any atom is 0.418 e. The highest BCUT2D eigenvalue weighted by Crippen LogP contribution is 2.37. The van der Waals surface area contributed by atoms with Crippen LogP contribution in [0.5, 0.6) is 0 Å². The van der Waals surface area contributed by atoms with Crippen LogP contribution in [0, 0.1) is 11.5 Å². The molecule has 1 aromatic rings. The predicted octanol–water partition coefficient (Wildman–Crippen LogP) is 3.32. The molecule has 22 heavy (non-hydrogen) atoms. The van der Waals surface area contributed by atoms with Crippen molar-refractivity contribution >= 4 is 26.1 Å². The molecule has 0 bridgehead atoms. The van der Waals surface area contributed by atoms with E-state index >= 15 is 0 Å². The van der Waals surface area contributed by atoms with Gasteiger partial charge < -0.3 is 4.74 Å². The molecular formula is C17H19NO3Si. The van der Waals surface area contributed by atoms with Crippen molar-refractivity contribution in [2.24, 2.45) is 0 Å². The van der Waals surface area contributed by atoms with Crippen molar-refractivity contribution < 1.29 is 14.3 Å². The molecule has 0 unspecified atom stereocenters. The van der Waals surface area contributed by atoms with Gasteiger partial charge in [0.15, 0.2) is 0 Å². The van der Waals surface area contributed by atoms with Gasteiger partial charge in [-0.15, -0.1) is 5.54 Å². The number of fused-ring (bicyclic) bond motifs is 1. The van der Waals surface area contributed by atoms with Crippen LogP contribution in [0.2, 0.25) is 19.6 Å². The Kier molecular flexibility index (Phi) is 4.53. The Morgan fingerprint density at radius 1 is 1.32 bits per heavy atom. The van der Waals surface area contributed by atoms with Crippen LogP contribution >= 0.6 is 0 Å². The van der Waals surface area contributed by atoms with Crippen LogP contribution in [0.4, 0.5) is 10.5 Å². The number of benzene rings is 1. The van der Waals surface area contributed by atoms with E-state index in [1.54, 1.807) is 0 Å². The van der Waals surface area contributed by atoms with Crippen molar-refractivity contribution in [2.45, 2.75) is 25.6 Å². The molecule has 5 heteroatoms. The van der Waals surface area contributed by atoms with Crippen molar-refractivity contribution in [3.8, 4) is 11.5 Å². The zero-order chi connectivity index (χ0) is 16.3. The maximum atomic E-state index is 11.9. The van der Waals surface area contributed by atoms with Crippen molar-refractivity contribution in [1.29, 1.82) is 0 Å². The lowest BCUT2D eigenvalue weighted by Crippen LogP contribution is -2.30. The summed E-state index contributed by atoms with van der Waals surface area (Å²) in [6.45, 7) is 6.46. The van der Waals surface area contributed by atoms with Crippen LogP contribution in [-0.4, -0.2) is 27.6 Å². The first-order valence-electron chi connectivity index (χ1n) is 7.03. The molecule has 0 radical (unpaired) electrons. The van der Waals surface area contributed by atoms with Crippen LogP contribution in [0.25, 0.3) is 0 Å². The fourth-order valence-corrected chi connectivity index (χ4v) is 2.80. The first-order valence-corrected chi connectivity index (χ1v) is 10.5. The minimum atomic E-state index is -1.56. The molecule has 0 aromatic heterocycles. The Hall–Kier alpha value is -2.32. The van der Waals surface area contributed by atoms with Gasteiger partial charge in [-0.2, -0.15) is 0 Å². The standard InChI is InChI=1S/C17H19NO3Si/c1-21-17(20)18-11-13(12-19)14(9-10-22(2,3)4)15-7-5-6-8-16(15)18/h5-8,11-12,14H,1-4H3/t14-/m1/s1. The third kappa shape index (κ3) is 3.29. The number of carbonyl (C=O) groups is 2. The summed E-state index contributed by atoms with van der Waals surface area (Å²) >= 11 is 0. The lowest BCUT2D eigenvalue weighted by atomic mass is 9.89. The van der Waals surface area contributed by atoms with Gasteiger partial charge in [0.1, 0.15) is 14.4 Å². The number of ether oxygens (including phenoxy) is 1. The number of allylic oxidation sites excluding steroid dienone is 1. The maximum absolute atomic E-state index is 11.9. The third-order valence-electron chi connectivity index (χ3n) is 3.22. The van der Waals surface area contributed by atoms with Crippen LogP contribution in [0.1, 0.15) is 11.5 Å². The number of aldehydes is 1. The SMILES string of the molecule is COC(=O)N1C=C(C=O)[C@@H](C#C[Si](C)(C)C)c2ccccc21. The zero-order valence-corrected chi connectivity index (χ0v) is 14.2. The molecule has 0 saturated carbocycles. The molecule has 1 aliphatic rings. The van der Waals surface area contributed by atoms with Crippen molar-refractivity contribution in [3.05, 3.63) is 41.6 Å². The van der Waals surface area contributed by atoms with E-state index < -0.39 is 14.2 Å². The molecule has 1 aliphatic heterocycles. The summed E-state index contributed by atoms with van der Waals surface area (Å²) in [6.07, 6.45) is 1.75. The summed E-state index contributed by atoms with van der Waals surface area (Å²) < 4.78 is 4.79. The molecule has 0 fully saturated rings. The topological polar surface area (TPSA) is 46.6 Å². The number of anilines is 1. The fourth-order valence-electron chi connectivity index (χ4n) is 2.22. The quantitative estimate of drug-likeness (QED) is 0.454. The highest BCUT2D eigenvalue weighted by molar-refractivity contribution is 6.83. The lowest BCUT2D eigenvalue weighted by molar-refractivity contribution is -0.105. The fraction of sp³-hybridized carbons (Fsp3) is 0.294. The van der Waals surface area contributed by atoms with Gasteiger partial charge in [0.05, 0.1) is 18.7 Å². The minimum Gasteiger partial charge on any atom is -0.452 e. The van der Waals surface area contributed by atoms with Crippen LogP contribution < -0.4 is 4.90 Å². The van der Waals surface area contributed by atoms with Crippen LogP contribution in [-0.2, 0) is 9.53 Å². The van der Waals surface area contributed by atoms with E-state index in [0.29, 0.717) is 11.3 Å². The van der Waals surface area contributed by atoms with E-state index in [1.807, 2.05) is 24.3 Å². The van der Waals surface area contributed by atoms with Gasteiger partial charge in [0.25, 0.3) is 0 Å². The number of hydrogen-bond donors (Lipinski definition) is 0. The minimum absolute atomic E-state index is 0.304. The molecule has 4 nitrogen and oxygen atoms in total. The van der Waals surface area contributed by atoms with Gasteiger partial charge >= 0.3 is 6.09 Å². The first-order chi connectivity index (χ1) is 10.4. The molecular weight excluding hydrogens is 294 g/mol. The molecule has 1 aromatic carbocycles. The van der Waals surface area contributed by atoms with E-state index in [4.69, 9.17) is 4.74 Å². The number of carbonyl (C=O) groups excluding carboxylic acids is 2. The second-order valence-electron chi connectivity index (χ2n) is 6.10. The van der Waals surface area contributed by atoms with E-state index in [-0.39, 0.29) is 5.92 Å². The second kappa shape index (κ2) is 6.20. The van der Waals surface area contributed by atoms with Crippen molar-refractivity contribution in [2.75, 3.05) is 12.0 Å². The van der Waals surface area contributed by atoms with E-state index in [0.717, 1.165) is 11.8 Å². The number of hydrogen-bond acceptors (Lipinski definition) is 3. The summed E-state index contributed by atoms with van der Waals surface area (Å²) in [5.74, 6) is 2.93. The van der Waals surface area contributed by atoms with Gasteiger partial charge in [-0.05, 0) is 11.6 Å². The lowest BCUT2D eigenvalue weighted by Gasteiger charge is -2.28. The Labute approximate surface area is 131 Å². The molecule has 2 rings (SSSR count). The largest absolute Gasteiger partial charge is 0.452 e. The van der Waals surface area contributed by atoms with E-state index in [9.17, 15) is 9.59 Å². The number of amides is 1. The Morgan fingerprint density at radius 2 is 2.00 bits per heavy atom. The highest BCUT2D eigenvalue weighted by atomic mass is 28.3. The van der Waals surface area contributed by atoms with Gasteiger partial charge in [-0.25, -0.2) is 4.79 Å². The summed E-state index contributed by atoms with van der Waals surface area (Å²) in [6, 6.07) is 7.45. The molecule has 0 saturated heterocycles. The number of methoxy groups -OCH3 is 1. The van der Waals surface area contributed by atoms with Crippen molar-refractivity contribution in [3.63, 3.8) is 0 Å². The highest BCUT2D eigenvalue weighted by Gasteiger charge is 2.29. The molecule has 0 spiro atoms. The summed E-state index contributed by atoms with van der Waals surface area (Å²) in [5, 5.41) is 0. The normalized spacial score (nSPS) is 16.8. The average Bonchev–Trinajstić information content (AvgIpc) is 2.50. The van der Waals surface area contributed by atoms with E-state index in [2.05, 4.69) is 31.1 Å². The Bertz CT molecular complexity index is 692. The van der Waals surface area contributed by atoms with Gasteiger partial charge in [-0.3, -0.25) is 9.69 Å². The molecule has 1 atom stereocenters. The molecule has 0 N–H and O–H groups in total. The number of rotatable bonds is 1. The first kappa shape index (κ1) is 16.1. The smallest absolute Gasteiger partial charge is 0.418 e. The second-order valence-corrected chi connectivity index (χ2v) is 10.8. The molecule has 1 heterocycles. The zero-order valence-electron chi connectivity index (χ0n) is 13.2. The molecule has 1 amide bonds. The van der Waals surface area contributed by atoms with E-state index in [1.165, 1.54) is 18.2 Å². The number of nitrogens with zero attached hydrogens (tertiary/aromatic N) is 1. The van der Waals surface area contributed by atoms with Crippen LogP contribution in [0.15, 0.2) is 36.0 Å². The predicted molar refractivity (Wildman–Crippen MR) is 89.3 cm³/mol. The van der Waals surface area contributed by atoms with Crippen LogP contribution in [0.3, 0.4) is 0 Å². The van der Waals surface area contributed by atoms with Crippen molar-refractivity contribution in [1.82, 2.24) is 0 Å². The number of para-hydroxylation sites is 1. The third-order valence-corrected chi connectivity index (χ3v) is 4.11. The monoisotopic (exact) mass is 313 g/mol. The Morgan fingerprint density at radius 3 is 2.59 bits per heavy atom. The van der Waals surface area contributed by atoms with Gasteiger partial charge in [0, 0.05) is 11.8 Å².